The number of amides is 4. The summed E-state index contributed by atoms with van der Waals surface area (Å²) in [6.45, 7) is 0. The first-order valence-electron chi connectivity index (χ1n) is 15.6. The molecule has 1 saturated heterocycles. The highest BCUT2D eigenvalue weighted by Gasteiger charge is 2.67. The van der Waals surface area contributed by atoms with Gasteiger partial charge in [-0.25, -0.2) is 32.8 Å². The molecule has 3 atom stereocenters. The van der Waals surface area contributed by atoms with Crippen molar-refractivity contribution in [3.05, 3.63) is 81.9 Å². The molecule has 4 aromatic rings. The summed E-state index contributed by atoms with van der Waals surface area (Å²) in [5, 5.41) is 45.7. The number of aromatic nitrogens is 6. The average Bonchev–Trinajstić information content (AvgIpc) is 3.56. The maximum atomic E-state index is 14.0. The topological polar surface area (TPSA) is 319 Å². The number of fused-ring (bicyclic) bond motifs is 1. The van der Waals surface area contributed by atoms with E-state index < -0.39 is 56.5 Å². The van der Waals surface area contributed by atoms with Gasteiger partial charge in [0.2, 0.25) is 27.0 Å². The number of tetrazole rings is 1. The molecule has 0 bridgehead atoms. The van der Waals surface area contributed by atoms with Gasteiger partial charge in [0.1, 0.15) is 28.5 Å². The number of H-pyrrole nitrogens is 1. The molecule has 0 aliphatic carbocycles. The summed E-state index contributed by atoms with van der Waals surface area (Å²) in [6, 6.07) is 7.90. The summed E-state index contributed by atoms with van der Waals surface area (Å²) in [7, 11) is -1.13. The average molecular weight is 815 g/mol. The van der Waals surface area contributed by atoms with Gasteiger partial charge < -0.3 is 36.2 Å². The number of carbonyl (C=O) groups is 4. The number of rotatable bonds is 13. The molecule has 2 aromatic heterocycles. The Labute approximate surface area is 318 Å². The molecule has 1 fully saturated rings. The lowest BCUT2D eigenvalue weighted by molar-refractivity contribution is -0.192. The van der Waals surface area contributed by atoms with Crippen LogP contribution in [-0.4, -0.2) is 107 Å². The number of sulfonamides is 1. The lowest BCUT2D eigenvalue weighted by atomic mass is 9.97. The Bertz CT molecular complexity index is 2370. The highest BCUT2D eigenvalue weighted by molar-refractivity contribution is 8.01. The Morgan fingerprint density at radius 3 is 2.47 bits per heavy atom. The summed E-state index contributed by atoms with van der Waals surface area (Å²) >= 11 is 2.33. The standard InChI is InChI=1S/C30H30N12O10S3/c1-41-29(38-39-40-41)54-13-15-12-53-26-30(52-2,25(48)42(26)21(15)24(46)47)37-23(45)20(14-3-7-17(43)8-4-14)35-28(49)34-19-11-32-27(36-22(19)44)33-16-5-9-18(10-6-16)55(31,50)51/h3-11,20,26,43H,12-13H2,1-2H3,(H,37,45)(H,46,47)(H2,31,50,51)(H2,34,35,49)(H2,32,33,36,44)/t20-,26-,30+/m1/s1. The van der Waals surface area contributed by atoms with Crippen molar-refractivity contribution in [1.29, 1.82) is 0 Å². The zero-order chi connectivity index (χ0) is 39.7. The number of hydrogen-bond donors (Lipinski definition) is 8. The van der Waals surface area contributed by atoms with Crippen LogP contribution in [0.5, 0.6) is 5.75 Å². The number of phenols is 1. The number of carbonyl (C=O) groups excluding carboxylic acids is 3. The molecule has 9 N–H and O–H groups in total. The van der Waals surface area contributed by atoms with E-state index in [4.69, 9.17) is 9.88 Å². The van der Waals surface area contributed by atoms with Crippen molar-refractivity contribution in [1.82, 2.24) is 45.7 Å². The smallest absolute Gasteiger partial charge is 0.352 e. The molecule has 4 amide bonds. The second-order valence-corrected chi connectivity index (χ2v) is 15.3. The van der Waals surface area contributed by atoms with Crippen molar-refractivity contribution >= 4 is 74.7 Å². The summed E-state index contributed by atoms with van der Waals surface area (Å²) < 4.78 is 30.0. The number of methoxy groups -OCH3 is 1. The van der Waals surface area contributed by atoms with Crippen LogP contribution in [0.15, 0.2) is 80.8 Å². The molecule has 0 spiro atoms. The molecule has 0 unspecified atom stereocenters. The van der Waals surface area contributed by atoms with E-state index in [0.717, 1.165) is 22.9 Å². The quantitative estimate of drug-likeness (QED) is 0.0490. The van der Waals surface area contributed by atoms with Crippen molar-refractivity contribution in [2.75, 3.05) is 29.2 Å². The van der Waals surface area contributed by atoms with E-state index in [1.54, 1.807) is 7.05 Å². The number of nitrogens with zero attached hydrogens (tertiary/aromatic N) is 6. The molecular formula is C30H30N12O10S3. The van der Waals surface area contributed by atoms with Crippen LogP contribution < -0.4 is 32.0 Å². The van der Waals surface area contributed by atoms with Crippen LogP contribution in [0.3, 0.4) is 0 Å². The third-order valence-electron chi connectivity index (χ3n) is 8.16. The van der Waals surface area contributed by atoms with Gasteiger partial charge in [-0.15, -0.1) is 16.9 Å². The van der Waals surface area contributed by atoms with Crippen molar-refractivity contribution in [2.24, 2.45) is 12.2 Å². The monoisotopic (exact) mass is 814 g/mol. The molecule has 0 saturated carbocycles. The Kier molecular flexibility index (Phi) is 10.8. The summed E-state index contributed by atoms with van der Waals surface area (Å²) in [4.78, 5) is 73.6. The largest absolute Gasteiger partial charge is 0.508 e. The first-order valence-corrected chi connectivity index (χ1v) is 19.2. The van der Waals surface area contributed by atoms with E-state index in [1.165, 1.54) is 72.1 Å². The van der Waals surface area contributed by atoms with Crippen LogP contribution in [-0.2, 0) is 36.2 Å². The molecule has 2 aliphatic rings. The van der Waals surface area contributed by atoms with Gasteiger partial charge in [-0.1, -0.05) is 23.9 Å². The molecule has 22 nitrogen and oxygen atoms in total. The van der Waals surface area contributed by atoms with Crippen LogP contribution >= 0.6 is 23.5 Å². The molecule has 2 aliphatic heterocycles. The van der Waals surface area contributed by atoms with Gasteiger partial charge in [0.25, 0.3) is 17.2 Å². The van der Waals surface area contributed by atoms with Gasteiger partial charge >= 0.3 is 12.0 Å². The number of urea groups is 1. The molecule has 4 heterocycles. The highest BCUT2D eigenvalue weighted by Crippen LogP contribution is 2.47. The van der Waals surface area contributed by atoms with Crippen molar-refractivity contribution in [2.45, 2.75) is 27.2 Å². The van der Waals surface area contributed by atoms with Crippen LogP contribution in [0.2, 0.25) is 0 Å². The fraction of sp³-hybridized carbons (Fsp3) is 0.233. The van der Waals surface area contributed by atoms with E-state index in [9.17, 15) is 42.6 Å². The molecule has 55 heavy (non-hydrogen) atoms. The Balaban J connectivity index is 1.17. The third-order valence-corrected chi connectivity index (χ3v) is 11.6. The number of aliphatic carboxylic acids is 1. The van der Waals surface area contributed by atoms with E-state index in [2.05, 4.69) is 46.8 Å². The van der Waals surface area contributed by atoms with E-state index in [0.29, 0.717) is 16.4 Å². The number of anilines is 3. The van der Waals surface area contributed by atoms with Crippen molar-refractivity contribution in [3.8, 4) is 5.75 Å². The lowest BCUT2D eigenvalue weighted by Crippen LogP contribution is -2.81. The SMILES string of the molecule is CO[C@@]1(NC(=O)[C@H](NC(=O)Nc2cnc(Nc3ccc(S(N)(=O)=O)cc3)[nH]c2=O)c2ccc(O)cc2)C(=O)N2C(C(=O)O)=C(CSc3nnnn3C)CS[C@@H]21. The third kappa shape index (κ3) is 7.95. The first kappa shape index (κ1) is 38.7. The number of aromatic hydroxyl groups is 1. The van der Waals surface area contributed by atoms with Gasteiger partial charge in [-0.05, 0) is 58.0 Å². The predicted molar refractivity (Wildman–Crippen MR) is 194 cm³/mol. The molecule has 2 aromatic carbocycles. The number of nitrogens with one attached hydrogen (secondary N) is 5. The van der Waals surface area contributed by atoms with Crippen LogP contribution in [0.1, 0.15) is 11.6 Å². The summed E-state index contributed by atoms with van der Waals surface area (Å²) in [5.74, 6) is -3.08. The fourth-order valence-electron chi connectivity index (χ4n) is 5.47. The number of nitrogens with two attached hydrogens (primary N) is 1. The predicted octanol–water partition coefficient (Wildman–Crippen LogP) is -0.242. The fourth-order valence-corrected chi connectivity index (χ4v) is 8.42. The van der Waals surface area contributed by atoms with Crippen LogP contribution in [0.4, 0.5) is 22.1 Å². The number of β-lactam (4-membered cyclic amide) rings is 1. The second-order valence-electron chi connectivity index (χ2n) is 11.7. The molecule has 288 valence electrons. The maximum Gasteiger partial charge on any atom is 0.352 e. The van der Waals surface area contributed by atoms with E-state index in [-0.39, 0.29) is 45.0 Å². The van der Waals surface area contributed by atoms with Crippen LogP contribution in [0.25, 0.3) is 0 Å². The lowest BCUT2D eigenvalue weighted by Gasteiger charge is -2.56. The maximum absolute atomic E-state index is 14.0. The zero-order valence-corrected chi connectivity index (χ0v) is 30.9. The number of hydrogen-bond acceptors (Lipinski definition) is 16. The minimum atomic E-state index is -3.92. The minimum absolute atomic E-state index is 0.0557. The van der Waals surface area contributed by atoms with Gasteiger partial charge in [-0.3, -0.25) is 24.3 Å². The number of primary sulfonamides is 1. The number of carboxylic acid groups (broad SMARTS) is 1. The number of thioether (sulfide) groups is 2. The minimum Gasteiger partial charge on any atom is -0.508 e. The Hall–Kier alpha value is -6.02. The van der Waals surface area contributed by atoms with E-state index >= 15 is 0 Å². The number of ether oxygens (including phenoxy) is 1. The van der Waals surface area contributed by atoms with Gasteiger partial charge in [-0.2, -0.15) is 0 Å². The van der Waals surface area contributed by atoms with E-state index in [1.807, 2.05) is 0 Å². The number of phenolic OH excluding ortho intramolecular Hbond substituents is 1. The molecular weight excluding hydrogens is 785 g/mol. The highest BCUT2D eigenvalue weighted by atomic mass is 32.2. The Morgan fingerprint density at radius 2 is 1.87 bits per heavy atom. The molecule has 0 radical (unpaired) electrons. The zero-order valence-electron chi connectivity index (χ0n) is 28.4. The second kappa shape index (κ2) is 15.4. The normalized spacial score (nSPS) is 18.5. The van der Waals surface area contributed by atoms with Crippen molar-refractivity contribution in [3.63, 3.8) is 0 Å². The molecule has 25 heteroatoms. The number of aryl methyl sites for hydroxylation is 1. The summed E-state index contributed by atoms with van der Waals surface area (Å²) in [6.07, 6.45) is 1.03. The number of aromatic amines is 1. The number of benzene rings is 2. The van der Waals surface area contributed by atoms with Gasteiger partial charge in [0, 0.05) is 31.4 Å². The Morgan fingerprint density at radius 1 is 1.16 bits per heavy atom. The van der Waals surface area contributed by atoms with Crippen LogP contribution in [0, 0.1) is 0 Å². The number of carboxylic acids is 1. The summed E-state index contributed by atoms with van der Waals surface area (Å²) in [5.41, 5.74) is -2.52. The van der Waals surface area contributed by atoms with Crippen molar-refractivity contribution < 1.29 is 42.5 Å². The van der Waals surface area contributed by atoms with Gasteiger partial charge in [0.15, 0.2) is 0 Å². The van der Waals surface area contributed by atoms with Gasteiger partial charge in [0.05, 0.1) is 11.1 Å². The molecule has 6 rings (SSSR count). The first-order chi connectivity index (χ1) is 26.1.